The van der Waals surface area contributed by atoms with Crippen molar-refractivity contribution < 1.29 is 9.53 Å². The number of methoxy groups -OCH3 is 1. The predicted molar refractivity (Wildman–Crippen MR) is 99.7 cm³/mol. The van der Waals surface area contributed by atoms with Crippen LogP contribution in [0.2, 0.25) is 0 Å². The maximum Gasteiger partial charge on any atom is 0.357 e. The number of carbonyl (C=O) groups excluding carboxylic acids is 1. The van der Waals surface area contributed by atoms with Crippen LogP contribution < -0.4 is 5.73 Å². The van der Waals surface area contributed by atoms with Gasteiger partial charge in [-0.25, -0.2) is 9.78 Å². The lowest BCUT2D eigenvalue weighted by Crippen LogP contribution is -2.07. The van der Waals surface area contributed by atoms with Crippen LogP contribution in [0, 0.1) is 0 Å². The molecule has 0 aliphatic rings. The molecule has 0 unspecified atom stereocenters. The lowest BCUT2D eigenvalue weighted by molar-refractivity contribution is 0.0594. The molecule has 0 aliphatic heterocycles. The zero-order valence-electron chi connectivity index (χ0n) is 13.5. The average Bonchev–Trinajstić information content (AvgIpc) is 3.24. The molecular weight excluding hydrogens is 334 g/mol. The molecule has 1 aromatic carbocycles. The summed E-state index contributed by atoms with van der Waals surface area (Å²) in [6.07, 6.45) is 1.80. The van der Waals surface area contributed by atoms with Gasteiger partial charge >= 0.3 is 5.97 Å². The van der Waals surface area contributed by atoms with Crippen LogP contribution in [0.4, 0.5) is 5.69 Å². The number of esters is 1. The first kappa shape index (κ1) is 15.4. The van der Waals surface area contributed by atoms with Crippen LogP contribution in [0.15, 0.2) is 60.1 Å². The SMILES string of the molecule is COC(=O)c1c(N)c(-c2nc(-c3ccccc3)cs2)c2ccccn12. The second-order valence-corrected chi connectivity index (χ2v) is 6.35. The van der Waals surface area contributed by atoms with E-state index in [1.165, 1.54) is 18.4 Å². The summed E-state index contributed by atoms with van der Waals surface area (Å²) in [5.74, 6) is -0.468. The first-order valence-electron chi connectivity index (χ1n) is 7.69. The van der Waals surface area contributed by atoms with E-state index < -0.39 is 5.97 Å². The number of pyridine rings is 1. The standard InChI is InChI=1S/C19H15N3O2S/c1-24-19(23)17-16(20)15(14-9-5-6-10-22(14)17)18-21-13(11-25-18)12-7-3-2-4-8-12/h2-11H,20H2,1H3. The molecule has 0 radical (unpaired) electrons. The molecule has 0 atom stereocenters. The predicted octanol–water partition coefficient (Wildman–Crippen LogP) is 4.10. The van der Waals surface area contributed by atoms with Gasteiger partial charge in [-0.3, -0.25) is 0 Å². The number of fused-ring (bicyclic) bond motifs is 1. The number of ether oxygens (including phenoxy) is 1. The molecule has 3 aromatic heterocycles. The van der Waals surface area contributed by atoms with Crippen molar-refractivity contribution in [2.45, 2.75) is 0 Å². The van der Waals surface area contributed by atoms with Gasteiger partial charge in [-0.2, -0.15) is 0 Å². The third-order valence-corrected chi connectivity index (χ3v) is 4.91. The van der Waals surface area contributed by atoms with Crippen LogP contribution in [0.3, 0.4) is 0 Å². The maximum atomic E-state index is 12.2. The van der Waals surface area contributed by atoms with Crippen molar-refractivity contribution in [2.24, 2.45) is 0 Å². The van der Waals surface area contributed by atoms with Crippen LogP contribution >= 0.6 is 11.3 Å². The lowest BCUT2D eigenvalue weighted by Gasteiger charge is -2.00. The Morgan fingerprint density at radius 1 is 1.16 bits per heavy atom. The topological polar surface area (TPSA) is 69.6 Å². The summed E-state index contributed by atoms with van der Waals surface area (Å²) in [6.45, 7) is 0. The number of nitrogens with two attached hydrogens (primary N) is 1. The number of hydrogen-bond acceptors (Lipinski definition) is 5. The van der Waals surface area contributed by atoms with E-state index in [-0.39, 0.29) is 0 Å². The summed E-state index contributed by atoms with van der Waals surface area (Å²) < 4.78 is 6.64. The van der Waals surface area contributed by atoms with Gasteiger partial charge in [-0.05, 0) is 12.1 Å². The van der Waals surface area contributed by atoms with Crippen molar-refractivity contribution in [3.05, 3.63) is 65.8 Å². The molecule has 0 saturated heterocycles. The van der Waals surface area contributed by atoms with Gasteiger partial charge in [0.05, 0.1) is 29.6 Å². The molecule has 5 nitrogen and oxygen atoms in total. The van der Waals surface area contributed by atoms with Crippen molar-refractivity contribution in [2.75, 3.05) is 12.8 Å². The molecule has 0 bridgehead atoms. The van der Waals surface area contributed by atoms with E-state index in [1.807, 2.05) is 53.9 Å². The van der Waals surface area contributed by atoms with Gasteiger partial charge in [-0.1, -0.05) is 36.4 Å². The Labute approximate surface area is 148 Å². The zero-order chi connectivity index (χ0) is 17.4. The molecule has 0 fully saturated rings. The molecular formula is C19H15N3O2S. The highest BCUT2D eigenvalue weighted by Gasteiger charge is 2.24. The number of hydrogen-bond donors (Lipinski definition) is 1. The summed E-state index contributed by atoms with van der Waals surface area (Å²) in [6, 6.07) is 15.6. The van der Waals surface area contributed by atoms with Gasteiger partial charge < -0.3 is 14.9 Å². The van der Waals surface area contributed by atoms with E-state index in [2.05, 4.69) is 0 Å². The second-order valence-electron chi connectivity index (χ2n) is 5.49. The Kier molecular flexibility index (Phi) is 3.74. The summed E-state index contributed by atoms with van der Waals surface area (Å²) in [5.41, 5.74) is 10.5. The number of benzene rings is 1. The number of carbonyl (C=O) groups is 1. The summed E-state index contributed by atoms with van der Waals surface area (Å²) >= 11 is 1.50. The molecule has 0 spiro atoms. The number of nitrogens with zero attached hydrogens (tertiary/aromatic N) is 2. The fourth-order valence-electron chi connectivity index (χ4n) is 2.89. The van der Waals surface area contributed by atoms with E-state index in [0.29, 0.717) is 11.4 Å². The van der Waals surface area contributed by atoms with Gasteiger partial charge in [0.25, 0.3) is 0 Å². The highest BCUT2D eigenvalue weighted by Crippen LogP contribution is 2.38. The molecule has 0 saturated carbocycles. The molecule has 124 valence electrons. The van der Waals surface area contributed by atoms with Gasteiger partial charge in [0.15, 0.2) is 5.69 Å². The van der Waals surface area contributed by atoms with Crippen molar-refractivity contribution in [3.8, 4) is 21.8 Å². The van der Waals surface area contributed by atoms with Gasteiger partial charge in [-0.15, -0.1) is 11.3 Å². The highest BCUT2D eigenvalue weighted by molar-refractivity contribution is 7.13. The Morgan fingerprint density at radius 2 is 1.92 bits per heavy atom. The Hall–Kier alpha value is -3.12. The number of rotatable bonds is 3. The molecule has 4 rings (SSSR count). The third kappa shape index (κ3) is 2.47. The zero-order valence-corrected chi connectivity index (χ0v) is 14.3. The summed E-state index contributed by atoms with van der Waals surface area (Å²) in [5, 5.41) is 2.77. The first-order chi connectivity index (χ1) is 12.2. The quantitative estimate of drug-likeness (QED) is 0.565. The summed E-state index contributed by atoms with van der Waals surface area (Å²) in [4.78, 5) is 16.9. The van der Waals surface area contributed by atoms with E-state index in [1.54, 1.807) is 10.6 Å². The van der Waals surface area contributed by atoms with E-state index in [9.17, 15) is 4.79 Å². The molecule has 3 heterocycles. The van der Waals surface area contributed by atoms with Crippen LogP contribution in [0.1, 0.15) is 10.5 Å². The normalized spacial score (nSPS) is 10.9. The largest absolute Gasteiger partial charge is 0.464 e. The van der Waals surface area contributed by atoms with Gasteiger partial charge in [0.1, 0.15) is 5.01 Å². The fourth-order valence-corrected chi connectivity index (χ4v) is 3.78. The second kappa shape index (κ2) is 6.07. The Balaban J connectivity index is 1.92. The van der Waals surface area contributed by atoms with Crippen LogP contribution in [-0.4, -0.2) is 22.5 Å². The Bertz CT molecular complexity index is 1070. The minimum Gasteiger partial charge on any atom is -0.464 e. The Morgan fingerprint density at radius 3 is 2.68 bits per heavy atom. The van der Waals surface area contributed by atoms with Crippen molar-refractivity contribution in [3.63, 3.8) is 0 Å². The van der Waals surface area contributed by atoms with E-state index >= 15 is 0 Å². The number of aromatic nitrogens is 2. The van der Waals surface area contributed by atoms with Gasteiger partial charge in [0, 0.05) is 17.1 Å². The smallest absolute Gasteiger partial charge is 0.357 e. The fraction of sp³-hybridized carbons (Fsp3) is 0.0526. The highest BCUT2D eigenvalue weighted by atomic mass is 32.1. The molecule has 0 amide bonds. The monoisotopic (exact) mass is 349 g/mol. The van der Waals surface area contributed by atoms with Crippen molar-refractivity contribution in [1.29, 1.82) is 0 Å². The molecule has 6 heteroatoms. The lowest BCUT2D eigenvalue weighted by atomic mass is 10.2. The van der Waals surface area contributed by atoms with Gasteiger partial charge in [0.2, 0.25) is 0 Å². The third-order valence-electron chi connectivity index (χ3n) is 4.05. The van der Waals surface area contributed by atoms with Crippen LogP contribution in [0.5, 0.6) is 0 Å². The number of anilines is 1. The molecule has 4 aromatic rings. The number of nitrogen functional groups attached to an aromatic ring is 1. The minimum absolute atomic E-state index is 0.324. The summed E-state index contributed by atoms with van der Waals surface area (Å²) in [7, 11) is 1.35. The molecule has 25 heavy (non-hydrogen) atoms. The first-order valence-corrected chi connectivity index (χ1v) is 8.57. The van der Waals surface area contributed by atoms with Crippen molar-refractivity contribution >= 4 is 28.5 Å². The molecule has 0 aliphatic carbocycles. The average molecular weight is 349 g/mol. The van der Waals surface area contributed by atoms with E-state index in [4.69, 9.17) is 15.5 Å². The minimum atomic E-state index is -0.468. The van der Waals surface area contributed by atoms with Crippen molar-refractivity contribution in [1.82, 2.24) is 9.38 Å². The van der Waals surface area contributed by atoms with Crippen LogP contribution in [-0.2, 0) is 4.74 Å². The maximum absolute atomic E-state index is 12.2. The van der Waals surface area contributed by atoms with Crippen LogP contribution in [0.25, 0.3) is 27.3 Å². The molecule has 2 N–H and O–H groups in total. The number of thiazole rings is 1. The van der Waals surface area contributed by atoms with E-state index in [0.717, 1.165) is 27.3 Å².